The predicted octanol–water partition coefficient (Wildman–Crippen LogP) is 3.07. The average Bonchev–Trinajstić information content (AvgIpc) is 2.75. The summed E-state index contributed by atoms with van der Waals surface area (Å²) < 4.78 is 5.68. The van der Waals surface area contributed by atoms with Crippen LogP contribution in [0.4, 0.5) is 0 Å². The molecule has 2 fully saturated rings. The van der Waals surface area contributed by atoms with Crippen LogP contribution in [0.2, 0.25) is 0 Å². The Hall–Kier alpha value is -0.790. The van der Waals surface area contributed by atoms with Crippen molar-refractivity contribution in [2.75, 3.05) is 0 Å². The van der Waals surface area contributed by atoms with E-state index in [-0.39, 0.29) is 11.6 Å². The minimum Gasteiger partial charge on any atom is -0.454 e. The molecule has 0 saturated heterocycles. The summed E-state index contributed by atoms with van der Waals surface area (Å²) in [4.78, 5) is 11.3. The lowest BCUT2D eigenvalue weighted by Gasteiger charge is -2.38. The molecule has 15 heavy (non-hydrogen) atoms. The lowest BCUT2D eigenvalue weighted by Crippen LogP contribution is -2.41. The highest BCUT2D eigenvalue weighted by molar-refractivity contribution is 5.67. The zero-order valence-electron chi connectivity index (χ0n) is 9.88. The van der Waals surface area contributed by atoms with Gasteiger partial charge in [0.2, 0.25) is 0 Å². The largest absolute Gasteiger partial charge is 0.454 e. The first kappa shape index (κ1) is 10.7. The van der Waals surface area contributed by atoms with Crippen LogP contribution < -0.4 is 0 Å². The first-order valence-corrected chi connectivity index (χ1v) is 5.91. The molecule has 0 aromatic heterocycles. The fourth-order valence-electron chi connectivity index (χ4n) is 3.47. The molecule has 3 unspecified atom stereocenters. The third kappa shape index (κ3) is 1.60. The molecule has 3 atom stereocenters. The summed E-state index contributed by atoms with van der Waals surface area (Å²) in [5.74, 6) is 1.22. The second-order valence-electron chi connectivity index (χ2n) is 5.03. The zero-order chi connectivity index (χ0) is 11.1. The number of ether oxygens (including phenoxy) is 1. The molecule has 2 heteroatoms. The molecule has 2 aliphatic rings. The number of rotatable bonds is 2. The van der Waals surface area contributed by atoms with E-state index in [9.17, 15) is 4.79 Å². The normalized spacial score (nSPS) is 39.5. The smallest absolute Gasteiger partial charge is 0.303 e. The van der Waals surface area contributed by atoms with E-state index in [0.29, 0.717) is 5.92 Å². The highest BCUT2D eigenvalue weighted by atomic mass is 16.6. The van der Waals surface area contributed by atoms with Gasteiger partial charge in [0.05, 0.1) is 0 Å². The van der Waals surface area contributed by atoms with Gasteiger partial charge in [0.1, 0.15) is 5.60 Å². The fourth-order valence-corrected chi connectivity index (χ4v) is 3.47. The SMILES string of the molecule is C/C=C(\C)C1(OC(C)=O)CC2CCC1C2. The molecule has 0 aromatic rings. The van der Waals surface area contributed by atoms with Crippen LogP contribution in [0, 0.1) is 11.8 Å². The van der Waals surface area contributed by atoms with Crippen molar-refractivity contribution in [1.29, 1.82) is 0 Å². The van der Waals surface area contributed by atoms with Gasteiger partial charge in [0.25, 0.3) is 0 Å². The van der Waals surface area contributed by atoms with Gasteiger partial charge in [-0.05, 0) is 51.0 Å². The lowest BCUT2D eigenvalue weighted by atomic mass is 9.78. The molecule has 84 valence electrons. The van der Waals surface area contributed by atoms with Gasteiger partial charge >= 0.3 is 5.97 Å². The molecule has 0 amide bonds. The Labute approximate surface area is 91.7 Å². The topological polar surface area (TPSA) is 26.3 Å². The summed E-state index contributed by atoms with van der Waals surface area (Å²) in [6, 6.07) is 0. The van der Waals surface area contributed by atoms with Gasteiger partial charge in [0.15, 0.2) is 0 Å². The first-order chi connectivity index (χ1) is 7.08. The maximum atomic E-state index is 11.3. The van der Waals surface area contributed by atoms with Crippen LogP contribution >= 0.6 is 0 Å². The Bertz CT molecular complexity index is 306. The van der Waals surface area contributed by atoms with Crippen molar-refractivity contribution in [3.8, 4) is 0 Å². The summed E-state index contributed by atoms with van der Waals surface area (Å²) >= 11 is 0. The van der Waals surface area contributed by atoms with Gasteiger partial charge in [-0.15, -0.1) is 0 Å². The number of allylic oxidation sites excluding steroid dienone is 1. The summed E-state index contributed by atoms with van der Waals surface area (Å²) in [7, 11) is 0. The highest BCUT2D eigenvalue weighted by Crippen LogP contribution is 2.55. The van der Waals surface area contributed by atoms with Crippen LogP contribution in [0.3, 0.4) is 0 Å². The summed E-state index contributed by atoms with van der Waals surface area (Å²) in [6.07, 6.45) is 6.95. The maximum Gasteiger partial charge on any atom is 0.303 e. The number of carbonyl (C=O) groups excluding carboxylic acids is 1. The van der Waals surface area contributed by atoms with E-state index in [0.717, 1.165) is 12.3 Å². The van der Waals surface area contributed by atoms with Gasteiger partial charge in [-0.1, -0.05) is 6.08 Å². The van der Waals surface area contributed by atoms with Gasteiger partial charge in [0, 0.05) is 12.8 Å². The van der Waals surface area contributed by atoms with Crippen molar-refractivity contribution in [2.24, 2.45) is 11.8 Å². The Balaban J connectivity index is 2.28. The van der Waals surface area contributed by atoms with Gasteiger partial charge in [-0.2, -0.15) is 0 Å². The van der Waals surface area contributed by atoms with Crippen LogP contribution in [-0.2, 0) is 9.53 Å². The Morgan fingerprint density at radius 3 is 2.53 bits per heavy atom. The Morgan fingerprint density at radius 1 is 1.40 bits per heavy atom. The van der Waals surface area contributed by atoms with Crippen molar-refractivity contribution in [1.82, 2.24) is 0 Å². The number of fused-ring (bicyclic) bond motifs is 2. The molecule has 0 heterocycles. The number of hydrogen-bond donors (Lipinski definition) is 0. The zero-order valence-corrected chi connectivity index (χ0v) is 9.88. The van der Waals surface area contributed by atoms with Gasteiger partial charge in [-0.3, -0.25) is 4.79 Å². The quantitative estimate of drug-likeness (QED) is 0.515. The summed E-state index contributed by atoms with van der Waals surface area (Å²) in [5.41, 5.74) is 0.994. The van der Waals surface area contributed by atoms with E-state index in [1.165, 1.54) is 31.8 Å². The maximum absolute atomic E-state index is 11.3. The van der Waals surface area contributed by atoms with Crippen LogP contribution in [0.25, 0.3) is 0 Å². The van der Waals surface area contributed by atoms with E-state index in [4.69, 9.17) is 4.74 Å². The van der Waals surface area contributed by atoms with Crippen LogP contribution in [0.5, 0.6) is 0 Å². The molecule has 2 nitrogen and oxygen atoms in total. The first-order valence-electron chi connectivity index (χ1n) is 5.91. The molecule has 0 spiro atoms. The molecule has 2 rings (SSSR count). The molecule has 2 saturated carbocycles. The van der Waals surface area contributed by atoms with Gasteiger partial charge in [-0.25, -0.2) is 0 Å². The molecule has 0 radical (unpaired) electrons. The van der Waals surface area contributed by atoms with Crippen LogP contribution in [0.15, 0.2) is 11.6 Å². The molecular weight excluding hydrogens is 188 g/mol. The molecule has 2 bridgehead atoms. The van der Waals surface area contributed by atoms with Crippen LogP contribution in [-0.4, -0.2) is 11.6 Å². The van der Waals surface area contributed by atoms with Crippen molar-refractivity contribution in [3.05, 3.63) is 11.6 Å². The molecule has 0 aromatic carbocycles. The van der Waals surface area contributed by atoms with Crippen molar-refractivity contribution in [2.45, 2.75) is 52.1 Å². The summed E-state index contributed by atoms with van der Waals surface area (Å²) in [6.45, 7) is 5.66. The van der Waals surface area contributed by atoms with Crippen molar-refractivity contribution >= 4 is 5.97 Å². The molecule has 2 aliphatic carbocycles. The van der Waals surface area contributed by atoms with E-state index < -0.39 is 0 Å². The second kappa shape index (κ2) is 3.66. The van der Waals surface area contributed by atoms with Crippen molar-refractivity contribution < 1.29 is 9.53 Å². The van der Waals surface area contributed by atoms with E-state index in [2.05, 4.69) is 13.0 Å². The Morgan fingerprint density at radius 2 is 2.13 bits per heavy atom. The van der Waals surface area contributed by atoms with Crippen molar-refractivity contribution in [3.63, 3.8) is 0 Å². The number of esters is 1. The van der Waals surface area contributed by atoms with E-state index >= 15 is 0 Å². The monoisotopic (exact) mass is 208 g/mol. The molecule has 0 aliphatic heterocycles. The third-order valence-electron chi connectivity index (χ3n) is 4.22. The summed E-state index contributed by atoms with van der Waals surface area (Å²) in [5, 5.41) is 0. The number of hydrogen-bond acceptors (Lipinski definition) is 2. The molecular formula is C13H20O2. The van der Waals surface area contributed by atoms with Gasteiger partial charge < -0.3 is 4.74 Å². The Kier molecular flexibility index (Phi) is 2.61. The fraction of sp³-hybridized carbons (Fsp3) is 0.769. The van der Waals surface area contributed by atoms with Crippen LogP contribution in [0.1, 0.15) is 46.5 Å². The highest BCUT2D eigenvalue weighted by Gasteiger charge is 2.54. The predicted molar refractivity (Wildman–Crippen MR) is 59.4 cm³/mol. The average molecular weight is 208 g/mol. The minimum atomic E-state index is -0.247. The van der Waals surface area contributed by atoms with E-state index in [1.54, 1.807) is 0 Å². The lowest BCUT2D eigenvalue weighted by molar-refractivity contribution is -0.158. The third-order valence-corrected chi connectivity index (χ3v) is 4.22. The minimum absolute atomic E-state index is 0.135. The van der Waals surface area contributed by atoms with E-state index in [1.807, 2.05) is 6.92 Å². The molecule has 0 N–H and O–H groups in total. The number of carbonyl (C=O) groups is 1. The standard InChI is InChI=1S/C13H20O2/c1-4-9(2)13(15-10(3)14)8-11-5-6-12(13)7-11/h4,11-12H,5-8H2,1-3H3/b9-4+. The second-order valence-corrected chi connectivity index (χ2v) is 5.03.